The zero-order valence-electron chi connectivity index (χ0n) is 13.3. The van der Waals surface area contributed by atoms with E-state index in [1.807, 2.05) is 30.3 Å². The summed E-state index contributed by atoms with van der Waals surface area (Å²) in [5.74, 6) is -0.432. The quantitative estimate of drug-likeness (QED) is 0.833. The van der Waals surface area contributed by atoms with Crippen molar-refractivity contribution in [2.24, 2.45) is 0 Å². The van der Waals surface area contributed by atoms with Crippen LogP contribution in [0.2, 0.25) is 0 Å². The van der Waals surface area contributed by atoms with E-state index in [2.05, 4.69) is 10.1 Å². The number of ether oxygens (including phenoxy) is 1. The summed E-state index contributed by atoms with van der Waals surface area (Å²) >= 11 is 0. The van der Waals surface area contributed by atoms with E-state index in [4.69, 9.17) is 0 Å². The van der Waals surface area contributed by atoms with Crippen molar-refractivity contribution in [1.29, 1.82) is 0 Å². The Labute approximate surface area is 135 Å². The first-order valence-corrected chi connectivity index (χ1v) is 7.30. The van der Waals surface area contributed by atoms with Crippen LogP contribution in [0.4, 0.5) is 5.69 Å². The average Bonchev–Trinajstić information content (AvgIpc) is 2.60. The van der Waals surface area contributed by atoms with Crippen molar-refractivity contribution in [2.75, 3.05) is 26.0 Å². The molecule has 0 fully saturated rings. The maximum absolute atomic E-state index is 12.2. The smallest absolute Gasteiger partial charge is 0.337 e. The van der Waals surface area contributed by atoms with Gasteiger partial charge >= 0.3 is 5.97 Å². The number of nitrogens with one attached hydrogen (secondary N) is 1. The predicted molar refractivity (Wildman–Crippen MR) is 89.2 cm³/mol. The lowest BCUT2D eigenvalue weighted by molar-refractivity contribution is -0.128. The van der Waals surface area contributed by atoms with Crippen LogP contribution in [0.5, 0.6) is 0 Å². The second-order valence-corrected chi connectivity index (χ2v) is 5.16. The number of methoxy groups -OCH3 is 1. The van der Waals surface area contributed by atoms with E-state index in [0.29, 0.717) is 17.8 Å². The molecule has 2 aromatic carbocycles. The third-order valence-corrected chi connectivity index (χ3v) is 3.42. The van der Waals surface area contributed by atoms with E-state index in [1.54, 1.807) is 36.2 Å². The lowest BCUT2D eigenvalue weighted by Gasteiger charge is -2.18. The summed E-state index contributed by atoms with van der Waals surface area (Å²) in [6.45, 7) is 0.720. The van der Waals surface area contributed by atoms with Gasteiger partial charge in [0.1, 0.15) is 0 Å². The summed E-state index contributed by atoms with van der Waals surface area (Å²) < 4.78 is 4.68. The highest BCUT2D eigenvalue weighted by molar-refractivity contribution is 5.90. The Morgan fingerprint density at radius 3 is 2.52 bits per heavy atom. The summed E-state index contributed by atoms with van der Waals surface area (Å²) in [4.78, 5) is 25.3. The molecule has 0 bridgehead atoms. The number of hydrogen-bond donors (Lipinski definition) is 1. The number of carbonyl (C=O) groups excluding carboxylic acids is 2. The van der Waals surface area contributed by atoms with Crippen molar-refractivity contribution >= 4 is 17.6 Å². The van der Waals surface area contributed by atoms with Gasteiger partial charge in [-0.3, -0.25) is 4.79 Å². The van der Waals surface area contributed by atoms with E-state index in [1.165, 1.54) is 7.11 Å². The third-order valence-electron chi connectivity index (χ3n) is 3.42. The molecule has 0 unspecified atom stereocenters. The number of likely N-dealkylation sites (N-methyl/N-ethyl adjacent to an activating group) is 1. The molecule has 0 aliphatic rings. The number of rotatable bonds is 6. The third kappa shape index (κ3) is 4.85. The highest BCUT2D eigenvalue weighted by atomic mass is 16.5. The molecule has 0 aliphatic carbocycles. The molecule has 0 heterocycles. The van der Waals surface area contributed by atoms with Gasteiger partial charge in [0.2, 0.25) is 5.91 Å². The fourth-order valence-corrected chi connectivity index (χ4v) is 2.13. The van der Waals surface area contributed by atoms with E-state index in [0.717, 1.165) is 5.56 Å². The second-order valence-electron chi connectivity index (χ2n) is 5.16. The first-order valence-electron chi connectivity index (χ1n) is 7.30. The van der Waals surface area contributed by atoms with Gasteiger partial charge in [0, 0.05) is 19.3 Å². The fourth-order valence-electron chi connectivity index (χ4n) is 2.13. The van der Waals surface area contributed by atoms with Crippen molar-refractivity contribution < 1.29 is 14.3 Å². The van der Waals surface area contributed by atoms with Crippen LogP contribution in [0.15, 0.2) is 54.6 Å². The Balaban J connectivity index is 1.90. The first kappa shape index (κ1) is 16.5. The van der Waals surface area contributed by atoms with Crippen LogP contribution in [-0.4, -0.2) is 37.5 Å². The van der Waals surface area contributed by atoms with Crippen LogP contribution in [0.3, 0.4) is 0 Å². The van der Waals surface area contributed by atoms with Crippen molar-refractivity contribution in [3.8, 4) is 0 Å². The molecule has 120 valence electrons. The van der Waals surface area contributed by atoms with Crippen LogP contribution in [0.25, 0.3) is 0 Å². The molecule has 1 N–H and O–H groups in total. The van der Waals surface area contributed by atoms with E-state index < -0.39 is 5.97 Å². The van der Waals surface area contributed by atoms with Gasteiger partial charge in [-0.2, -0.15) is 0 Å². The summed E-state index contributed by atoms with van der Waals surface area (Å²) in [6, 6.07) is 16.7. The molecule has 0 saturated carbocycles. The van der Waals surface area contributed by atoms with Gasteiger partial charge in [0.05, 0.1) is 19.2 Å². The molecule has 5 nitrogen and oxygen atoms in total. The molecule has 0 saturated heterocycles. The largest absolute Gasteiger partial charge is 0.465 e. The summed E-state index contributed by atoms with van der Waals surface area (Å²) in [7, 11) is 3.10. The predicted octanol–water partition coefficient (Wildman–Crippen LogP) is 2.54. The Hall–Kier alpha value is -2.82. The van der Waals surface area contributed by atoms with Gasteiger partial charge in [-0.15, -0.1) is 0 Å². The number of hydrogen-bond acceptors (Lipinski definition) is 4. The minimum absolute atomic E-state index is 0.0303. The fraction of sp³-hybridized carbons (Fsp3) is 0.222. The highest BCUT2D eigenvalue weighted by Gasteiger charge is 2.10. The molecule has 0 spiro atoms. The minimum Gasteiger partial charge on any atom is -0.465 e. The molecule has 2 aromatic rings. The van der Waals surface area contributed by atoms with Crippen LogP contribution >= 0.6 is 0 Å². The second kappa shape index (κ2) is 7.98. The molecule has 0 atom stereocenters. The topological polar surface area (TPSA) is 58.6 Å². The number of nitrogens with zero attached hydrogens (tertiary/aromatic N) is 1. The number of benzene rings is 2. The Bertz CT molecular complexity index is 671. The van der Waals surface area contributed by atoms with Crippen LogP contribution in [0.1, 0.15) is 15.9 Å². The van der Waals surface area contributed by atoms with Crippen LogP contribution in [0, 0.1) is 0 Å². The number of anilines is 1. The molecular weight excluding hydrogens is 292 g/mol. The van der Waals surface area contributed by atoms with Gasteiger partial charge in [0.15, 0.2) is 0 Å². The summed E-state index contributed by atoms with van der Waals surface area (Å²) in [5, 5.41) is 3.03. The van der Waals surface area contributed by atoms with E-state index in [9.17, 15) is 9.59 Å². The first-order chi connectivity index (χ1) is 11.1. The number of esters is 1. The molecule has 1 amide bonds. The normalized spacial score (nSPS) is 10.0. The van der Waals surface area contributed by atoms with Gasteiger partial charge in [-0.25, -0.2) is 4.79 Å². The number of carbonyl (C=O) groups is 2. The Morgan fingerprint density at radius 1 is 1.09 bits per heavy atom. The lowest BCUT2D eigenvalue weighted by atomic mass is 10.2. The molecule has 0 radical (unpaired) electrons. The zero-order valence-corrected chi connectivity index (χ0v) is 13.3. The van der Waals surface area contributed by atoms with Crippen molar-refractivity contribution in [1.82, 2.24) is 4.90 Å². The Morgan fingerprint density at radius 2 is 1.83 bits per heavy atom. The van der Waals surface area contributed by atoms with Crippen molar-refractivity contribution in [3.05, 3.63) is 65.7 Å². The van der Waals surface area contributed by atoms with Gasteiger partial charge in [-0.05, 0) is 23.8 Å². The monoisotopic (exact) mass is 312 g/mol. The maximum atomic E-state index is 12.2. The molecule has 0 aromatic heterocycles. The number of amides is 1. The standard InChI is InChI=1S/C18H20N2O3/c1-20(13-14-7-4-3-5-8-14)17(21)12-19-16-10-6-9-15(11-16)18(22)23-2/h3-11,19H,12-13H2,1-2H3. The van der Waals surface area contributed by atoms with Gasteiger partial charge in [-0.1, -0.05) is 36.4 Å². The van der Waals surface area contributed by atoms with Crippen molar-refractivity contribution in [2.45, 2.75) is 6.54 Å². The lowest BCUT2D eigenvalue weighted by Crippen LogP contribution is -2.31. The van der Waals surface area contributed by atoms with Gasteiger partial charge in [0.25, 0.3) is 0 Å². The van der Waals surface area contributed by atoms with Crippen LogP contribution in [-0.2, 0) is 16.1 Å². The van der Waals surface area contributed by atoms with Crippen LogP contribution < -0.4 is 5.32 Å². The molecule has 23 heavy (non-hydrogen) atoms. The molecule has 5 heteroatoms. The molecule has 2 rings (SSSR count). The molecular formula is C18H20N2O3. The maximum Gasteiger partial charge on any atom is 0.337 e. The minimum atomic E-state index is -0.402. The average molecular weight is 312 g/mol. The summed E-state index contributed by atoms with van der Waals surface area (Å²) in [5.41, 5.74) is 2.23. The Kier molecular flexibility index (Phi) is 5.74. The van der Waals surface area contributed by atoms with E-state index >= 15 is 0 Å². The SMILES string of the molecule is COC(=O)c1cccc(NCC(=O)N(C)Cc2ccccc2)c1. The van der Waals surface area contributed by atoms with Crippen molar-refractivity contribution in [3.63, 3.8) is 0 Å². The van der Waals surface area contributed by atoms with Gasteiger partial charge < -0.3 is 15.0 Å². The zero-order chi connectivity index (χ0) is 16.7. The van der Waals surface area contributed by atoms with E-state index in [-0.39, 0.29) is 12.5 Å². The molecule has 0 aliphatic heterocycles. The highest BCUT2D eigenvalue weighted by Crippen LogP contribution is 2.11. The summed E-state index contributed by atoms with van der Waals surface area (Å²) in [6.07, 6.45) is 0.